The van der Waals surface area contributed by atoms with Gasteiger partial charge in [0.05, 0.1) is 28.4 Å². The zero-order valence-corrected chi connectivity index (χ0v) is 24.5. The van der Waals surface area contributed by atoms with Gasteiger partial charge in [-0.15, -0.1) is 0 Å². The topological polar surface area (TPSA) is 131 Å². The minimum Gasteiger partial charge on any atom is -0.450 e. The molecule has 1 saturated carbocycles. The lowest BCUT2D eigenvalue weighted by atomic mass is 9.93. The molecular weight excluding hydrogens is 591 g/mol. The van der Waals surface area contributed by atoms with Gasteiger partial charge in [0.2, 0.25) is 5.91 Å². The second-order valence-electron chi connectivity index (χ2n) is 11.4. The van der Waals surface area contributed by atoms with Crippen LogP contribution in [0.25, 0.3) is 0 Å². The van der Waals surface area contributed by atoms with Gasteiger partial charge >= 0.3 is 12.3 Å². The van der Waals surface area contributed by atoms with Crippen molar-refractivity contribution in [1.82, 2.24) is 19.6 Å². The second-order valence-corrected chi connectivity index (χ2v) is 13.7. The molecule has 1 unspecified atom stereocenters. The zero-order chi connectivity index (χ0) is 31.1. The molecule has 3 aliphatic heterocycles. The lowest BCUT2D eigenvalue weighted by Crippen LogP contribution is -2.63. The summed E-state index contributed by atoms with van der Waals surface area (Å²) in [6.45, 7) is 3.16. The summed E-state index contributed by atoms with van der Waals surface area (Å²) in [5.41, 5.74) is -1.12. The lowest BCUT2D eigenvalue weighted by molar-refractivity contribution is -0.150. The first-order valence-electron chi connectivity index (χ1n) is 14.5. The fraction of sp³-hybridized carbons (Fsp3) is 0.643. The summed E-state index contributed by atoms with van der Waals surface area (Å²) in [6.07, 6.45) is -0.640. The molecule has 15 heteroatoms. The van der Waals surface area contributed by atoms with Gasteiger partial charge < -0.3 is 14.5 Å². The lowest BCUT2D eigenvalue weighted by Gasteiger charge is -2.48. The number of hydrogen-bond donors (Lipinski definition) is 0. The van der Waals surface area contributed by atoms with Crippen molar-refractivity contribution in [3.05, 3.63) is 29.8 Å². The number of carbonyl (C=O) groups excluding carboxylic acids is 3. The Hall–Kier alpha value is -3.38. The number of nitriles is 1. The van der Waals surface area contributed by atoms with E-state index in [0.29, 0.717) is 57.8 Å². The largest absolute Gasteiger partial charge is 0.450 e. The summed E-state index contributed by atoms with van der Waals surface area (Å²) >= 11 is 0. The first-order valence-corrected chi connectivity index (χ1v) is 16.0. The third-order valence-electron chi connectivity index (χ3n) is 8.82. The van der Waals surface area contributed by atoms with Crippen molar-refractivity contribution in [2.45, 2.75) is 85.9 Å². The van der Waals surface area contributed by atoms with Gasteiger partial charge in [-0.25, -0.2) is 18.1 Å². The summed E-state index contributed by atoms with van der Waals surface area (Å²) in [5.74, 6) is -1.11. The smallest absolute Gasteiger partial charge is 0.416 e. The first-order chi connectivity index (χ1) is 20.4. The third kappa shape index (κ3) is 6.17. The molecule has 1 aliphatic carbocycles. The van der Waals surface area contributed by atoms with Gasteiger partial charge in [-0.2, -0.15) is 18.4 Å². The maximum atomic E-state index is 13.9. The third-order valence-corrected chi connectivity index (χ3v) is 11.0. The molecule has 3 heterocycles. The van der Waals surface area contributed by atoms with E-state index in [4.69, 9.17) is 4.74 Å². The Morgan fingerprint density at radius 1 is 1.07 bits per heavy atom. The number of nitrogens with zero attached hydrogens (tertiary/aromatic N) is 5. The van der Waals surface area contributed by atoms with Crippen LogP contribution in [-0.4, -0.2) is 108 Å². The van der Waals surface area contributed by atoms with Crippen molar-refractivity contribution < 1.29 is 40.7 Å². The van der Waals surface area contributed by atoms with Gasteiger partial charge in [-0.05, 0) is 63.6 Å². The predicted molar refractivity (Wildman–Crippen MR) is 145 cm³/mol. The Balaban J connectivity index is 1.35. The summed E-state index contributed by atoms with van der Waals surface area (Å²) in [7, 11) is -4.37. The highest BCUT2D eigenvalue weighted by Crippen LogP contribution is 2.37. The van der Waals surface area contributed by atoms with Gasteiger partial charge in [0.15, 0.2) is 16.0 Å². The number of sulfone groups is 1. The molecule has 43 heavy (non-hydrogen) atoms. The van der Waals surface area contributed by atoms with E-state index in [0.717, 1.165) is 23.1 Å². The van der Waals surface area contributed by atoms with Crippen LogP contribution in [0.5, 0.6) is 0 Å². The maximum absolute atomic E-state index is 13.9. The fourth-order valence-corrected chi connectivity index (χ4v) is 7.98. The van der Waals surface area contributed by atoms with Crippen molar-refractivity contribution in [2.75, 3.05) is 32.8 Å². The van der Waals surface area contributed by atoms with Crippen LogP contribution < -0.4 is 0 Å². The fourth-order valence-electron chi connectivity index (χ4n) is 6.24. The minimum atomic E-state index is -4.75. The summed E-state index contributed by atoms with van der Waals surface area (Å²) in [5, 5.41) is 8.33. The standard InChI is InChI=1S/C28H34F3N5O6S/c1-2-42-27(39)33-11-8-20(9-12-33)34-13-10-23(34)25(37)35-16-22(15-24(35)26(38)36(17-32)19-6-7-19)43(40,41)21-5-3-4-18(14-21)28(29,30)31/h3-5,14,19-20,22-24H,2,6-13,15-16H2,1H3/t22-,23?,24+/m1/s1. The number of hydrogen-bond acceptors (Lipinski definition) is 8. The summed E-state index contributed by atoms with van der Waals surface area (Å²) < 4.78 is 72.3. The molecule has 0 spiro atoms. The van der Waals surface area contributed by atoms with E-state index in [-0.39, 0.29) is 37.7 Å². The molecule has 4 aliphatic rings. The van der Waals surface area contributed by atoms with Crippen molar-refractivity contribution in [2.24, 2.45) is 0 Å². The zero-order valence-electron chi connectivity index (χ0n) is 23.7. The molecular formula is C28H34F3N5O6S. The number of halogens is 3. The Labute approximate surface area is 248 Å². The van der Waals surface area contributed by atoms with E-state index in [1.165, 1.54) is 4.90 Å². The highest BCUT2D eigenvalue weighted by atomic mass is 32.2. The molecule has 0 aromatic heterocycles. The Morgan fingerprint density at radius 2 is 1.77 bits per heavy atom. The minimum absolute atomic E-state index is 0.00293. The molecule has 5 rings (SSSR count). The van der Waals surface area contributed by atoms with Crippen LogP contribution in [0.1, 0.15) is 51.0 Å². The van der Waals surface area contributed by atoms with Crippen LogP contribution in [0.15, 0.2) is 29.2 Å². The van der Waals surface area contributed by atoms with Crippen LogP contribution >= 0.6 is 0 Å². The van der Waals surface area contributed by atoms with Crippen molar-refractivity contribution >= 4 is 27.7 Å². The molecule has 11 nitrogen and oxygen atoms in total. The van der Waals surface area contributed by atoms with E-state index in [2.05, 4.69) is 0 Å². The molecule has 3 amide bonds. The first kappa shape index (κ1) is 31.1. The monoisotopic (exact) mass is 625 g/mol. The average Bonchev–Trinajstić information content (AvgIpc) is 3.68. The number of benzene rings is 1. The second kappa shape index (κ2) is 12.0. The normalized spacial score (nSPS) is 25.1. The molecule has 0 bridgehead atoms. The van der Waals surface area contributed by atoms with Crippen molar-refractivity contribution in [3.8, 4) is 6.19 Å². The Bertz CT molecular complexity index is 1400. The maximum Gasteiger partial charge on any atom is 0.416 e. The van der Waals surface area contributed by atoms with E-state index >= 15 is 0 Å². The van der Waals surface area contributed by atoms with E-state index in [9.17, 15) is 41.2 Å². The Morgan fingerprint density at radius 3 is 2.33 bits per heavy atom. The van der Waals surface area contributed by atoms with Gasteiger partial charge in [0.25, 0.3) is 5.91 Å². The van der Waals surface area contributed by atoms with Gasteiger partial charge in [-0.1, -0.05) is 6.07 Å². The molecule has 234 valence electrons. The SMILES string of the molecule is CCOC(=O)N1CCC(N2CCC2C(=O)N2C[C@H](S(=O)(=O)c3cccc(C(F)(F)F)c3)C[C@H]2C(=O)N(C#N)C2CC2)CC1. The molecule has 4 fully saturated rings. The van der Waals surface area contributed by atoms with Crippen LogP contribution in [0.2, 0.25) is 0 Å². The highest BCUT2D eigenvalue weighted by molar-refractivity contribution is 7.92. The number of amides is 3. The molecule has 0 N–H and O–H groups in total. The quantitative estimate of drug-likeness (QED) is 0.334. The Kier molecular flexibility index (Phi) is 8.63. The molecule has 3 saturated heterocycles. The summed E-state index contributed by atoms with van der Waals surface area (Å²) in [6, 6.07) is 1.29. The number of piperidine rings is 1. The number of carbonyl (C=O) groups is 3. The van der Waals surface area contributed by atoms with Crippen LogP contribution in [0, 0.1) is 11.5 Å². The van der Waals surface area contributed by atoms with Crippen LogP contribution in [0.3, 0.4) is 0 Å². The number of alkyl halides is 3. The molecule has 1 aromatic rings. The van der Waals surface area contributed by atoms with Crippen LogP contribution in [-0.2, 0) is 30.3 Å². The number of rotatable bonds is 7. The number of likely N-dealkylation sites (tertiary alicyclic amines) is 3. The van der Waals surface area contributed by atoms with E-state index in [1.54, 1.807) is 11.8 Å². The number of ether oxygens (including phenoxy) is 1. The average molecular weight is 626 g/mol. The van der Waals surface area contributed by atoms with Gasteiger partial charge in [0.1, 0.15) is 6.04 Å². The van der Waals surface area contributed by atoms with Crippen molar-refractivity contribution in [3.63, 3.8) is 0 Å². The van der Waals surface area contributed by atoms with Gasteiger partial charge in [-0.3, -0.25) is 14.5 Å². The van der Waals surface area contributed by atoms with E-state index < -0.39 is 55.6 Å². The highest BCUT2D eigenvalue weighted by Gasteiger charge is 2.52. The van der Waals surface area contributed by atoms with E-state index in [1.807, 2.05) is 11.1 Å². The molecule has 0 radical (unpaired) electrons. The van der Waals surface area contributed by atoms with Gasteiger partial charge in [0, 0.05) is 38.3 Å². The predicted octanol–water partition coefficient (Wildman–Crippen LogP) is 2.62. The van der Waals surface area contributed by atoms with Crippen molar-refractivity contribution in [1.29, 1.82) is 5.26 Å². The van der Waals surface area contributed by atoms with Crippen LogP contribution in [0.4, 0.5) is 18.0 Å². The molecule has 1 aromatic carbocycles. The molecule has 3 atom stereocenters. The summed E-state index contributed by atoms with van der Waals surface area (Å²) in [4.78, 5) is 44.9.